The molecule has 0 unspecified atom stereocenters. The quantitative estimate of drug-likeness (QED) is 0.869. The standard InChI is InChI=1S/C19H20N2O2/c1-14-7-6-10-18(15(14)2)23-13-19(22)21-12-11-17(20-21)16-8-4-3-5-9-16/h3-10H,11-13H2,1-2H3. The second kappa shape index (κ2) is 6.65. The van der Waals surface area contributed by atoms with Crippen LogP contribution in [0.4, 0.5) is 0 Å². The summed E-state index contributed by atoms with van der Waals surface area (Å²) in [6, 6.07) is 15.8. The van der Waals surface area contributed by atoms with Crippen molar-refractivity contribution in [1.82, 2.24) is 5.01 Å². The van der Waals surface area contributed by atoms with Crippen molar-refractivity contribution in [1.29, 1.82) is 0 Å². The summed E-state index contributed by atoms with van der Waals surface area (Å²) in [7, 11) is 0. The number of benzene rings is 2. The Bertz CT molecular complexity index is 738. The summed E-state index contributed by atoms with van der Waals surface area (Å²) in [4.78, 5) is 12.3. The van der Waals surface area contributed by atoms with Crippen LogP contribution in [0.15, 0.2) is 53.6 Å². The third kappa shape index (κ3) is 3.42. The second-order valence-corrected chi connectivity index (χ2v) is 5.67. The van der Waals surface area contributed by atoms with Crippen LogP contribution in [0.1, 0.15) is 23.1 Å². The number of aryl methyl sites for hydroxylation is 1. The van der Waals surface area contributed by atoms with Crippen molar-refractivity contribution in [3.05, 3.63) is 65.2 Å². The minimum Gasteiger partial charge on any atom is -0.483 e. The van der Waals surface area contributed by atoms with Crippen molar-refractivity contribution >= 4 is 11.6 Å². The van der Waals surface area contributed by atoms with Gasteiger partial charge in [-0.15, -0.1) is 0 Å². The van der Waals surface area contributed by atoms with Crippen molar-refractivity contribution in [2.45, 2.75) is 20.3 Å². The number of amides is 1. The van der Waals surface area contributed by atoms with Crippen molar-refractivity contribution in [2.24, 2.45) is 5.10 Å². The Morgan fingerprint density at radius 2 is 1.91 bits per heavy atom. The topological polar surface area (TPSA) is 41.9 Å². The van der Waals surface area contributed by atoms with Crippen LogP contribution in [0.5, 0.6) is 5.75 Å². The molecule has 2 aromatic rings. The van der Waals surface area contributed by atoms with Gasteiger partial charge in [-0.1, -0.05) is 42.5 Å². The molecule has 4 heteroatoms. The minimum atomic E-state index is -0.114. The smallest absolute Gasteiger partial charge is 0.280 e. The fourth-order valence-electron chi connectivity index (χ4n) is 2.57. The average Bonchev–Trinajstić information content (AvgIpc) is 3.07. The number of carbonyl (C=O) groups is 1. The molecule has 2 aromatic carbocycles. The highest BCUT2D eigenvalue weighted by Crippen LogP contribution is 2.21. The number of hydrazone groups is 1. The molecule has 0 aliphatic carbocycles. The average molecular weight is 308 g/mol. The van der Waals surface area contributed by atoms with Gasteiger partial charge in [0.25, 0.3) is 5.91 Å². The van der Waals surface area contributed by atoms with E-state index in [9.17, 15) is 4.79 Å². The molecule has 0 aromatic heterocycles. The van der Waals surface area contributed by atoms with Crippen LogP contribution in [-0.4, -0.2) is 29.8 Å². The second-order valence-electron chi connectivity index (χ2n) is 5.67. The number of nitrogens with zero attached hydrogens (tertiary/aromatic N) is 2. The van der Waals surface area contributed by atoms with Gasteiger partial charge in [0.1, 0.15) is 5.75 Å². The van der Waals surface area contributed by atoms with Gasteiger partial charge in [-0.2, -0.15) is 5.10 Å². The van der Waals surface area contributed by atoms with Crippen molar-refractivity contribution in [2.75, 3.05) is 13.2 Å². The first-order valence-electron chi connectivity index (χ1n) is 7.77. The normalized spacial score (nSPS) is 13.8. The van der Waals surface area contributed by atoms with E-state index in [4.69, 9.17) is 4.74 Å². The Balaban J connectivity index is 1.63. The first-order valence-corrected chi connectivity index (χ1v) is 7.77. The SMILES string of the molecule is Cc1cccc(OCC(=O)N2CCC(c3ccccc3)=N2)c1C. The number of ether oxygens (including phenoxy) is 1. The molecule has 0 spiro atoms. The van der Waals surface area contributed by atoms with Crippen LogP contribution in [0.25, 0.3) is 0 Å². The lowest BCUT2D eigenvalue weighted by Crippen LogP contribution is -2.29. The highest BCUT2D eigenvalue weighted by atomic mass is 16.5. The monoisotopic (exact) mass is 308 g/mol. The molecule has 3 rings (SSSR count). The molecule has 0 radical (unpaired) electrons. The van der Waals surface area contributed by atoms with Crippen LogP contribution in [0.3, 0.4) is 0 Å². The highest BCUT2D eigenvalue weighted by Gasteiger charge is 2.22. The lowest BCUT2D eigenvalue weighted by molar-refractivity contribution is -0.132. The Kier molecular flexibility index (Phi) is 4.42. The van der Waals surface area contributed by atoms with Gasteiger partial charge in [0.05, 0.1) is 12.3 Å². The zero-order valence-electron chi connectivity index (χ0n) is 13.5. The predicted molar refractivity (Wildman–Crippen MR) is 90.7 cm³/mol. The summed E-state index contributed by atoms with van der Waals surface area (Å²) < 4.78 is 5.67. The fraction of sp³-hybridized carbons (Fsp3) is 0.263. The molecule has 118 valence electrons. The maximum absolute atomic E-state index is 12.3. The zero-order valence-corrected chi connectivity index (χ0v) is 13.5. The molecule has 0 bridgehead atoms. The molecule has 1 aliphatic heterocycles. The molecule has 4 nitrogen and oxygen atoms in total. The number of rotatable bonds is 4. The Morgan fingerprint density at radius 1 is 1.13 bits per heavy atom. The first kappa shape index (κ1) is 15.3. The molecule has 0 saturated carbocycles. The molecular weight excluding hydrogens is 288 g/mol. The number of hydrogen-bond donors (Lipinski definition) is 0. The largest absolute Gasteiger partial charge is 0.483 e. The van der Waals surface area contributed by atoms with E-state index in [2.05, 4.69) is 5.10 Å². The van der Waals surface area contributed by atoms with Crippen LogP contribution in [-0.2, 0) is 4.79 Å². The van der Waals surface area contributed by atoms with E-state index in [1.165, 1.54) is 5.01 Å². The van der Waals surface area contributed by atoms with Crippen LogP contribution in [0.2, 0.25) is 0 Å². The Hall–Kier alpha value is -2.62. The molecule has 0 N–H and O–H groups in total. The summed E-state index contributed by atoms with van der Waals surface area (Å²) in [6.45, 7) is 4.65. The number of hydrogen-bond acceptors (Lipinski definition) is 3. The van der Waals surface area contributed by atoms with Gasteiger partial charge >= 0.3 is 0 Å². The zero-order chi connectivity index (χ0) is 16.2. The Morgan fingerprint density at radius 3 is 2.70 bits per heavy atom. The molecule has 0 saturated heterocycles. The van der Waals surface area contributed by atoms with Crippen molar-refractivity contribution in [3.8, 4) is 5.75 Å². The Labute approximate surface area is 136 Å². The van der Waals surface area contributed by atoms with Crippen LogP contribution >= 0.6 is 0 Å². The van der Waals surface area contributed by atoms with Gasteiger partial charge in [0.15, 0.2) is 6.61 Å². The minimum absolute atomic E-state index is 0.00978. The summed E-state index contributed by atoms with van der Waals surface area (Å²) in [5, 5.41) is 5.94. The lowest BCUT2D eigenvalue weighted by Gasteiger charge is -2.14. The molecule has 1 heterocycles. The first-order chi connectivity index (χ1) is 11.1. The van der Waals surface area contributed by atoms with Gasteiger partial charge in [-0.3, -0.25) is 4.79 Å². The number of carbonyl (C=O) groups excluding carboxylic acids is 1. The van der Waals surface area contributed by atoms with Crippen LogP contribution in [0, 0.1) is 13.8 Å². The molecule has 0 fully saturated rings. The summed E-state index contributed by atoms with van der Waals surface area (Å²) >= 11 is 0. The van der Waals surface area contributed by atoms with Gasteiger partial charge in [0.2, 0.25) is 0 Å². The van der Waals surface area contributed by atoms with Crippen molar-refractivity contribution in [3.63, 3.8) is 0 Å². The lowest BCUT2D eigenvalue weighted by atomic mass is 10.1. The third-order valence-corrected chi connectivity index (χ3v) is 4.10. The maximum atomic E-state index is 12.3. The van der Waals surface area contributed by atoms with Gasteiger partial charge in [-0.05, 0) is 36.6 Å². The molecule has 1 amide bonds. The predicted octanol–water partition coefficient (Wildman–Crippen LogP) is 3.32. The van der Waals surface area contributed by atoms with E-state index in [1.807, 2.05) is 62.4 Å². The third-order valence-electron chi connectivity index (χ3n) is 4.10. The fourth-order valence-corrected chi connectivity index (χ4v) is 2.57. The van der Waals surface area contributed by atoms with E-state index in [0.717, 1.165) is 34.6 Å². The van der Waals surface area contributed by atoms with E-state index in [-0.39, 0.29) is 12.5 Å². The summed E-state index contributed by atoms with van der Waals surface area (Å²) in [6.07, 6.45) is 0.777. The highest BCUT2D eigenvalue weighted by molar-refractivity contribution is 6.02. The van der Waals surface area contributed by atoms with E-state index in [1.54, 1.807) is 0 Å². The molecular formula is C19H20N2O2. The van der Waals surface area contributed by atoms with Gasteiger partial charge < -0.3 is 4.74 Å². The van der Waals surface area contributed by atoms with Crippen molar-refractivity contribution < 1.29 is 9.53 Å². The maximum Gasteiger partial charge on any atom is 0.280 e. The van der Waals surface area contributed by atoms with E-state index in [0.29, 0.717) is 6.54 Å². The molecule has 1 aliphatic rings. The molecule has 23 heavy (non-hydrogen) atoms. The van der Waals surface area contributed by atoms with E-state index >= 15 is 0 Å². The van der Waals surface area contributed by atoms with Gasteiger partial charge in [-0.25, -0.2) is 5.01 Å². The summed E-state index contributed by atoms with van der Waals surface area (Å²) in [5.74, 6) is 0.640. The van der Waals surface area contributed by atoms with Gasteiger partial charge in [0, 0.05) is 6.42 Å². The van der Waals surface area contributed by atoms with E-state index < -0.39 is 0 Å². The van der Waals surface area contributed by atoms with Crippen LogP contribution < -0.4 is 4.74 Å². The molecule has 0 atom stereocenters. The summed E-state index contributed by atoms with van der Waals surface area (Å²) in [5.41, 5.74) is 4.24.